The number of nitrogens with one attached hydrogen (secondary N) is 1. The molecular weight excluding hydrogens is 228 g/mol. The zero-order valence-electron chi connectivity index (χ0n) is 11.5. The lowest BCUT2D eigenvalue weighted by molar-refractivity contribution is 0.319. The average molecular weight is 252 g/mol. The first-order chi connectivity index (χ1) is 8.78. The van der Waals surface area contributed by atoms with E-state index in [0.717, 1.165) is 37.8 Å². The van der Waals surface area contributed by atoms with Crippen LogP contribution in [0.5, 0.6) is 0 Å². The van der Waals surface area contributed by atoms with Crippen LogP contribution in [0.3, 0.4) is 0 Å². The van der Waals surface area contributed by atoms with E-state index in [0.29, 0.717) is 5.89 Å². The van der Waals surface area contributed by atoms with Gasteiger partial charge in [-0.15, -0.1) is 0 Å². The summed E-state index contributed by atoms with van der Waals surface area (Å²) in [7, 11) is 0. The van der Waals surface area contributed by atoms with E-state index in [1.807, 2.05) is 6.92 Å². The second-order valence-electron chi connectivity index (χ2n) is 5.14. The molecule has 18 heavy (non-hydrogen) atoms. The highest BCUT2D eigenvalue weighted by atomic mass is 16.5. The predicted molar refractivity (Wildman–Crippen MR) is 70.4 cm³/mol. The number of aromatic nitrogens is 2. The molecule has 1 aromatic rings. The van der Waals surface area contributed by atoms with E-state index in [9.17, 15) is 0 Å². The molecule has 1 aromatic heterocycles. The third-order valence-electron chi connectivity index (χ3n) is 3.45. The fourth-order valence-corrected chi connectivity index (χ4v) is 2.47. The molecule has 0 amide bonds. The summed E-state index contributed by atoms with van der Waals surface area (Å²) in [5, 5.41) is 7.44. The largest absolute Gasteiger partial charge is 0.340 e. The second kappa shape index (κ2) is 6.85. The quantitative estimate of drug-likeness (QED) is 0.740. The van der Waals surface area contributed by atoms with Gasteiger partial charge < -0.3 is 14.7 Å². The van der Waals surface area contributed by atoms with E-state index in [1.165, 1.54) is 25.9 Å². The topological polar surface area (TPSA) is 54.2 Å². The van der Waals surface area contributed by atoms with Crippen molar-refractivity contribution in [3.63, 3.8) is 0 Å². The van der Waals surface area contributed by atoms with Crippen LogP contribution in [0.4, 0.5) is 0 Å². The molecule has 0 aliphatic carbocycles. The molecule has 5 nitrogen and oxygen atoms in total. The van der Waals surface area contributed by atoms with Gasteiger partial charge in [-0.3, -0.25) is 0 Å². The number of nitrogens with zero attached hydrogens (tertiary/aromatic N) is 3. The molecule has 0 aromatic carbocycles. The molecule has 1 unspecified atom stereocenters. The molecule has 5 heteroatoms. The van der Waals surface area contributed by atoms with Crippen LogP contribution >= 0.6 is 0 Å². The Morgan fingerprint density at radius 2 is 2.39 bits per heavy atom. The zero-order chi connectivity index (χ0) is 12.8. The zero-order valence-corrected chi connectivity index (χ0v) is 11.5. The molecule has 2 rings (SSSR count). The number of likely N-dealkylation sites (tertiary alicyclic amines) is 1. The second-order valence-corrected chi connectivity index (χ2v) is 5.14. The van der Waals surface area contributed by atoms with E-state index < -0.39 is 0 Å². The number of aryl methyl sites for hydroxylation is 1. The number of rotatable bonds is 7. The highest BCUT2D eigenvalue weighted by Crippen LogP contribution is 2.15. The van der Waals surface area contributed by atoms with Crippen molar-refractivity contribution in [1.29, 1.82) is 0 Å². The Morgan fingerprint density at radius 3 is 3.11 bits per heavy atom. The van der Waals surface area contributed by atoms with Crippen LogP contribution in [0.2, 0.25) is 0 Å². The van der Waals surface area contributed by atoms with Gasteiger partial charge in [-0.25, -0.2) is 0 Å². The number of hydrogen-bond acceptors (Lipinski definition) is 5. The van der Waals surface area contributed by atoms with Crippen molar-refractivity contribution in [2.45, 2.75) is 33.1 Å². The van der Waals surface area contributed by atoms with Crippen molar-refractivity contribution < 1.29 is 4.52 Å². The van der Waals surface area contributed by atoms with Gasteiger partial charge in [0.05, 0.1) is 0 Å². The summed E-state index contributed by atoms with van der Waals surface area (Å²) < 4.78 is 4.98. The summed E-state index contributed by atoms with van der Waals surface area (Å²) in [5.41, 5.74) is 0. The van der Waals surface area contributed by atoms with Crippen molar-refractivity contribution in [3.05, 3.63) is 11.7 Å². The molecule has 1 aliphatic rings. The first-order valence-electron chi connectivity index (χ1n) is 7.00. The van der Waals surface area contributed by atoms with Gasteiger partial charge in [-0.05, 0) is 38.4 Å². The molecule has 1 fully saturated rings. The van der Waals surface area contributed by atoms with Gasteiger partial charge in [-0.1, -0.05) is 12.1 Å². The molecule has 2 heterocycles. The van der Waals surface area contributed by atoms with Gasteiger partial charge in [0, 0.05) is 26.4 Å². The molecule has 0 saturated carbocycles. The first kappa shape index (κ1) is 13.5. The predicted octanol–water partition coefficient (Wildman–Crippen LogP) is 1.24. The van der Waals surface area contributed by atoms with Crippen molar-refractivity contribution in [2.75, 3.05) is 32.7 Å². The molecule has 0 radical (unpaired) electrons. The van der Waals surface area contributed by atoms with Crippen molar-refractivity contribution >= 4 is 0 Å². The Balaban J connectivity index is 1.63. The SMILES string of the molecule is CCCNCC1CCN(CCc2noc(C)n2)C1. The Kier molecular flexibility index (Phi) is 5.13. The minimum Gasteiger partial charge on any atom is -0.340 e. The fraction of sp³-hybridized carbons (Fsp3) is 0.846. The van der Waals surface area contributed by atoms with Gasteiger partial charge >= 0.3 is 0 Å². The Hall–Kier alpha value is -0.940. The van der Waals surface area contributed by atoms with Crippen molar-refractivity contribution in [3.8, 4) is 0 Å². The maximum absolute atomic E-state index is 4.98. The van der Waals surface area contributed by atoms with Gasteiger partial charge in [0.15, 0.2) is 5.82 Å². The third kappa shape index (κ3) is 4.07. The van der Waals surface area contributed by atoms with E-state index >= 15 is 0 Å². The summed E-state index contributed by atoms with van der Waals surface area (Å²) in [6, 6.07) is 0. The molecule has 1 N–H and O–H groups in total. The smallest absolute Gasteiger partial charge is 0.223 e. The first-order valence-corrected chi connectivity index (χ1v) is 7.00. The van der Waals surface area contributed by atoms with Crippen LogP contribution in [0, 0.1) is 12.8 Å². The maximum Gasteiger partial charge on any atom is 0.223 e. The van der Waals surface area contributed by atoms with Crippen LogP contribution in [0.25, 0.3) is 0 Å². The minimum absolute atomic E-state index is 0.660. The third-order valence-corrected chi connectivity index (χ3v) is 3.45. The lowest BCUT2D eigenvalue weighted by atomic mass is 10.1. The van der Waals surface area contributed by atoms with Crippen molar-refractivity contribution in [1.82, 2.24) is 20.4 Å². The Morgan fingerprint density at radius 1 is 1.50 bits per heavy atom. The highest BCUT2D eigenvalue weighted by molar-refractivity contribution is 4.86. The Labute approximate surface area is 109 Å². The maximum atomic E-state index is 4.98. The lowest BCUT2D eigenvalue weighted by Gasteiger charge is -2.15. The molecule has 102 valence electrons. The summed E-state index contributed by atoms with van der Waals surface area (Å²) >= 11 is 0. The summed E-state index contributed by atoms with van der Waals surface area (Å²) in [5.74, 6) is 2.30. The van der Waals surface area contributed by atoms with E-state index in [2.05, 4.69) is 27.3 Å². The molecule has 1 atom stereocenters. The Bertz CT molecular complexity index is 353. The van der Waals surface area contributed by atoms with Crippen LogP contribution in [0.1, 0.15) is 31.5 Å². The monoisotopic (exact) mass is 252 g/mol. The molecule has 1 aliphatic heterocycles. The van der Waals surface area contributed by atoms with Gasteiger partial charge in [0.2, 0.25) is 5.89 Å². The number of hydrogen-bond donors (Lipinski definition) is 1. The van der Waals surface area contributed by atoms with Gasteiger partial charge in [0.1, 0.15) is 0 Å². The lowest BCUT2D eigenvalue weighted by Crippen LogP contribution is -2.28. The van der Waals surface area contributed by atoms with Gasteiger partial charge in [-0.2, -0.15) is 4.98 Å². The van der Waals surface area contributed by atoms with Gasteiger partial charge in [0.25, 0.3) is 0 Å². The standard InChI is InChI=1S/C13H24N4O/c1-3-6-14-9-12-4-7-17(10-12)8-5-13-15-11(2)18-16-13/h12,14H,3-10H2,1-2H3. The highest BCUT2D eigenvalue weighted by Gasteiger charge is 2.21. The minimum atomic E-state index is 0.660. The van der Waals surface area contributed by atoms with Crippen LogP contribution in [-0.4, -0.2) is 47.8 Å². The summed E-state index contributed by atoms with van der Waals surface area (Å²) in [4.78, 5) is 6.74. The van der Waals surface area contributed by atoms with Crippen LogP contribution in [0.15, 0.2) is 4.52 Å². The van der Waals surface area contributed by atoms with Crippen molar-refractivity contribution in [2.24, 2.45) is 5.92 Å². The molecular formula is C13H24N4O. The molecule has 0 spiro atoms. The normalized spacial score (nSPS) is 20.7. The van der Waals surface area contributed by atoms with E-state index in [1.54, 1.807) is 0 Å². The molecule has 1 saturated heterocycles. The summed E-state index contributed by atoms with van der Waals surface area (Å²) in [6.07, 6.45) is 3.42. The fourth-order valence-electron chi connectivity index (χ4n) is 2.47. The van der Waals surface area contributed by atoms with E-state index in [4.69, 9.17) is 4.52 Å². The van der Waals surface area contributed by atoms with Crippen LogP contribution < -0.4 is 5.32 Å². The van der Waals surface area contributed by atoms with Crippen LogP contribution in [-0.2, 0) is 6.42 Å². The molecule has 0 bridgehead atoms. The van der Waals surface area contributed by atoms with E-state index in [-0.39, 0.29) is 0 Å². The average Bonchev–Trinajstić information content (AvgIpc) is 2.96. The summed E-state index contributed by atoms with van der Waals surface area (Å²) in [6.45, 7) is 9.79.